The zero-order chi connectivity index (χ0) is 19.8. The van der Waals surface area contributed by atoms with Crippen LogP contribution in [-0.4, -0.2) is 17.5 Å². The third kappa shape index (κ3) is 4.13. The van der Waals surface area contributed by atoms with Gasteiger partial charge < -0.3 is 10.1 Å². The number of aromatic nitrogens is 1. The van der Waals surface area contributed by atoms with Crippen LogP contribution >= 0.6 is 0 Å². The Kier molecular flexibility index (Phi) is 5.00. The molecule has 4 nitrogen and oxygen atoms in total. The summed E-state index contributed by atoms with van der Waals surface area (Å²) in [6.45, 7) is 2.49. The molecule has 2 saturated carbocycles. The van der Waals surface area contributed by atoms with Crippen LogP contribution in [-0.2, 0) is 4.79 Å². The van der Waals surface area contributed by atoms with E-state index in [1.807, 2.05) is 6.07 Å². The molecular formula is C21H21F3N2O2. The van der Waals surface area contributed by atoms with Gasteiger partial charge in [-0.25, -0.2) is 13.2 Å². The van der Waals surface area contributed by atoms with Gasteiger partial charge in [0, 0.05) is 29.5 Å². The van der Waals surface area contributed by atoms with Crippen molar-refractivity contribution in [2.75, 3.05) is 6.61 Å². The Balaban J connectivity index is 1.34. The summed E-state index contributed by atoms with van der Waals surface area (Å²) in [6.07, 6.45) is 4.38. The van der Waals surface area contributed by atoms with Gasteiger partial charge in [-0.2, -0.15) is 0 Å². The number of ether oxygens (including phenoxy) is 1. The molecule has 0 spiro atoms. The number of carbonyl (C=O) groups is 1. The highest BCUT2D eigenvalue weighted by Gasteiger charge is 2.47. The smallest absolute Gasteiger partial charge is 0.224 e. The van der Waals surface area contributed by atoms with Crippen LogP contribution in [0.15, 0.2) is 30.5 Å². The fourth-order valence-corrected chi connectivity index (χ4v) is 3.34. The van der Waals surface area contributed by atoms with Crippen LogP contribution < -0.4 is 10.1 Å². The number of benzene rings is 1. The maximum absolute atomic E-state index is 13.9. The first kappa shape index (κ1) is 18.8. The SMILES string of the molecule is C[C@@H](NC(=O)[C@@H]1C[C@H]1c1c(F)cc(F)cc1F)c1ccc(OCC2CC2)cn1. The number of amides is 1. The van der Waals surface area contributed by atoms with Crippen molar-refractivity contribution in [1.29, 1.82) is 0 Å². The average Bonchev–Trinajstić information content (AvgIpc) is 3.54. The summed E-state index contributed by atoms with van der Waals surface area (Å²) in [5.41, 5.74) is 0.452. The first-order valence-corrected chi connectivity index (χ1v) is 9.46. The number of halogens is 3. The van der Waals surface area contributed by atoms with E-state index in [0.29, 0.717) is 42.5 Å². The van der Waals surface area contributed by atoms with Crippen LogP contribution in [0.5, 0.6) is 5.75 Å². The van der Waals surface area contributed by atoms with Crippen molar-refractivity contribution in [3.8, 4) is 5.75 Å². The molecule has 0 saturated heterocycles. The zero-order valence-corrected chi connectivity index (χ0v) is 15.4. The minimum atomic E-state index is -0.968. The van der Waals surface area contributed by atoms with Gasteiger partial charge in [-0.15, -0.1) is 0 Å². The maximum atomic E-state index is 13.9. The molecule has 0 bridgehead atoms. The van der Waals surface area contributed by atoms with Crippen LogP contribution in [0.4, 0.5) is 13.2 Å². The van der Waals surface area contributed by atoms with Gasteiger partial charge in [0.2, 0.25) is 5.91 Å². The fourth-order valence-electron chi connectivity index (χ4n) is 3.34. The predicted molar refractivity (Wildman–Crippen MR) is 96.2 cm³/mol. The number of rotatable bonds is 7. The van der Waals surface area contributed by atoms with Crippen LogP contribution in [0.25, 0.3) is 0 Å². The molecule has 2 aliphatic rings. The summed E-state index contributed by atoms with van der Waals surface area (Å²) in [6, 6.07) is 4.54. The van der Waals surface area contributed by atoms with Crippen LogP contribution in [0.1, 0.15) is 49.4 Å². The molecule has 1 heterocycles. The van der Waals surface area contributed by atoms with Gasteiger partial charge in [0.05, 0.1) is 24.5 Å². The molecule has 7 heteroatoms. The Labute approximate surface area is 161 Å². The summed E-state index contributed by atoms with van der Waals surface area (Å²) < 4.78 is 46.5. The molecule has 148 valence electrons. The Morgan fingerprint density at radius 2 is 1.96 bits per heavy atom. The van der Waals surface area contributed by atoms with Crippen molar-refractivity contribution in [2.24, 2.45) is 11.8 Å². The van der Waals surface area contributed by atoms with Crippen molar-refractivity contribution >= 4 is 5.91 Å². The Bertz CT molecular complexity index is 861. The normalized spacial score (nSPS) is 21.9. The van der Waals surface area contributed by atoms with Gasteiger partial charge in [-0.1, -0.05) is 0 Å². The minimum absolute atomic E-state index is 0.218. The zero-order valence-electron chi connectivity index (χ0n) is 15.4. The predicted octanol–water partition coefficient (Wildman–Crippen LogP) is 4.27. The first-order chi connectivity index (χ1) is 13.4. The van der Waals surface area contributed by atoms with Gasteiger partial charge in [-0.3, -0.25) is 9.78 Å². The van der Waals surface area contributed by atoms with Gasteiger partial charge in [0.1, 0.15) is 23.2 Å². The summed E-state index contributed by atoms with van der Waals surface area (Å²) in [7, 11) is 0. The molecule has 0 radical (unpaired) electrons. The quantitative estimate of drug-likeness (QED) is 0.768. The van der Waals surface area contributed by atoms with E-state index in [1.54, 1.807) is 19.2 Å². The summed E-state index contributed by atoms with van der Waals surface area (Å²) in [5.74, 6) is -2.92. The largest absolute Gasteiger partial charge is 0.492 e. The molecule has 1 aromatic heterocycles. The second kappa shape index (κ2) is 7.45. The van der Waals surface area contributed by atoms with Crippen LogP contribution in [0.3, 0.4) is 0 Å². The Morgan fingerprint density at radius 1 is 1.25 bits per heavy atom. The fraction of sp³-hybridized carbons (Fsp3) is 0.429. The molecule has 1 N–H and O–H groups in total. The van der Waals surface area contributed by atoms with E-state index in [-0.39, 0.29) is 17.5 Å². The second-order valence-electron chi connectivity index (χ2n) is 7.64. The van der Waals surface area contributed by atoms with Gasteiger partial charge >= 0.3 is 0 Å². The van der Waals surface area contributed by atoms with E-state index in [1.165, 1.54) is 12.8 Å². The highest BCUT2D eigenvalue weighted by Crippen LogP contribution is 2.49. The van der Waals surface area contributed by atoms with Crippen molar-refractivity contribution in [3.63, 3.8) is 0 Å². The molecule has 0 unspecified atom stereocenters. The van der Waals surface area contributed by atoms with Gasteiger partial charge in [0.15, 0.2) is 0 Å². The number of pyridine rings is 1. The summed E-state index contributed by atoms with van der Waals surface area (Å²) in [5, 5.41) is 2.83. The summed E-state index contributed by atoms with van der Waals surface area (Å²) >= 11 is 0. The molecule has 2 aliphatic carbocycles. The number of nitrogens with zero attached hydrogens (tertiary/aromatic N) is 1. The highest BCUT2D eigenvalue weighted by molar-refractivity contribution is 5.83. The van der Waals surface area contributed by atoms with E-state index < -0.39 is 29.3 Å². The van der Waals surface area contributed by atoms with E-state index >= 15 is 0 Å². The van der Waals surface area contributed by atoms with Crippen molar-refractivity contribution in [1.82, 2.24) is 10.3 Å². The van der Waals surface area contributed by atoms with Crippen LogP contribution in [0.2, 0.25) is 0 Å². The highest BCUT2D eigenvalue weighted by atomic mass is 19.1. The maximum Gasteiger partial charge on any atom is 0.224 e. The number of hydrogen-bond acceptors (Lipinski definition) is 3. The van der Waals surface area contributed by atoms with Gasteiger partial charge in [-0.05, 0) is 44.2 Å². The first-order valence-electron chi connectivity index (χ1n) is 9.46. The average molecular weight is 390 g/mol. The van der Waals surface area contributed by atoms with E-state index in [0.717, 1.165) is 0 Å². The molecule has 1 amide bonds. The molecule has 28 heavy (non-hydrogen) atoms. The van der Waals surface area contributed by atoms with E-state index in [2.05, 4.69) is 10.3 Å². The van der Waals surface area contributed by atoms with Crippen molar-refractivity contribution in [3.05, 3.63) is 59.2 Å². The Hall–Kier alpha value is -2.57. The van der Waals surface area contributed by atoms with Crippen molar-refractivity contribution < 1.29 is 22.7 Å². The van der Waals surface area contributed by atoms with E-state index in [9.17, 15) is 18.0 Å². The van der Waals surface area contributed by atoms with Crippen LogP contribution in [0, 0.1) is 29.3 Å². The molecule has 2 fully saturated rings. The second-order valence-corrected chi connectivity index (χ2v) is 7.64. The monoisotopic (exact) mass is 390 g/mol. The standard InChI is InChI=1S/C21H21F3N2O2/c1-11(19-5-4-14(9-25-19)28-10-12-2-3-12)26-21(27)16-8-15(16)20-17(23)6-13(22)7-18(20)24/h4-7,9,11-12,15-16H,2-3,8,10H2,1H3,(H,26,27)/t11-,15-,16-/m1/s1. The van der Waals surface area contributed by atoms with Crippen molar-refractivity contribution in [2.45, 2.75) is 38.1 Å². The molecule has 2 aromatic rings. The lowest BCUT2D eigenvalue weighted by Gasteiger charge is -2.14. The molecule has 4 rings (SSSR count). The Morgan fingerprint density at radius 3 is 2.57 bits per heavy atom. The lowest BCUT2D eigenvalue weighted by atomic mass is 10.1. The van der Waals surface area contributed by atoms with Gasteiger partial charge in [0.25, 0.3) is 0 Å². The summed E-state index contributed by atoms with van der Waals surface area (Å²) in [4.78, 5) is 16.8. The third-order valence-corrected chi connectivity index (χ3v) is 5.29. The lowest BCUT2D eigenvalue weighted by molar-refractivity contribution is -0.123. The number of nitrogens with one attached hydrogen (secondary N) is 1. The molecular weight excluding hydrogens is 369 g/mol. The number of hydrogen-bond donors (Lipinski definition) is 1. The van der Waals surface area contributed by atoms with E-state index in [4.69, 9.17) is 4.74 Å². The topological polar surface area (TPSA) is 51.2 Å². The molecule has 1 aromatic carbocycles. The minimum Gasteiger partial charge on any atom is -0.492 e. The lowest BCUT2D eigenvalue weighted by Crippen LogP contribution is -2.29. The molecule has 3 atom stereocenters. The number of carbonyl (C=O) groups excluding carboxylic acids is 1. The third-order valence-electron chi connectivity index (χ3n) is 5.29. The molecule has 0 aliphatic heterocycles.